The normalized spacial score (nSPS) is 24.2. The minimum atomic E-state index is -3.37. The number of hydrogen-bond donors (Lipinski definition) is 1. The zero-order valence-corrected chi connectivity index (χ0v) is 11.6. The summed E-state index contributed by atoms with van der Waals surface area (Å²) in [6, 6.07) is 3.23. The zero-order chi connectivity index (χ0) is 12.6. The summed E-state index contributed by atoms with van der Waals surface area (Å²) in [7, 11) is -1.74. The zero-order valence-electron chi connectivity index (χ0n) is 9.96. The van der Waals surface area contributed by atoms with E-state index < -0.39 is 10.0 Å². The molecule has 2 unspecified atom stereocenters. The molecular weight excluding hydrogens is 258 g/mol. The van der Waals surface area contributed by atoms with Crippen LogP contribution in [0, 0.1) is 11.8 Å². The van der Waals surface area contributed by atoms with Gasteiger partial charge < -0.3 is 5.11 Å². The summed E-state index contributed by atoms with van der Waals surface area (Å²) in [5.41, 5.74) is 0. The van der Waals surface area contributed by atoms with Crippen molar-refractivity contribution in [2.75, 3.05) is 13.6 Å². The molecule has 96 valence electrons. The van der Waals surface area contributed by atoms with Gasteiger partial charge in [-0.05, 0) is 30.4 Å². The van der Waals surface area contributed by atoms with E-state index in [4.69, 9.17) is 5.11 Å². The summed E-state index contributed by atoms with van der Waals surface area (Å²) in [4.78, 5) is 0.678. The van der Waals surface area contributed by atoms with Crippen LogP contribution in [-0.2, 0) is 16.6 Å². The van der Waals surface area contributed by atoms with Crippen LogP contribution in [0.5, 0.6) is 0 Å². The molecule has 1 N–H and O–H groups in total. The van der Waals surface area contributed by atoms with Crippen molar-refractivity contribution in [2.45, 2.75) is 24.2 Å². The average molecular weight is 275 g/mol. The van der Waals surface area contributed by atoms with E-state index in [1.807, 2.05) is 0 Å². The third-order valence-electron chi connectivity index (χ3n) is 3.23. The lowest BCUT2D eigenvalue weighted by molar-refractivity contribution is 0.285. The predicted octanol–water partition coefficient (Wildman–Crippen LogP) is 1.52. The highest BCUT2D eigenvalue weighted by Crippen LogP contribution is 2.39. The van der Waals surface area contributed by atoms with Crippen molar-refractivity contribution in [3.8, 4) is 0 Å². The second-order valence-corrected chi connectivity index (χ2v) is 8.08. The molecule has 17 heavy (non-hydrogen) atoms. The van der Waals surface area contributed by atoms with Crippen molar-refractivity contribution >= 4 is 21.4 Å². The molecule has 0 saturated heterocycles. The SMILES string of the molecule is CC1CC1CN(C)S(=O)(=O)c1ccc(CO)s1. The van der Waals surface area contributed by atoms with Crippen molar-refractivity contribution in [2.24, 2.45) is 11.8 Å². The van der Waals surface area contributed by atoms with E-state index >= 15 is 0 Å². The first kappa shape index (κ1) is 13.0. The highest BCUT2D eigenvalue weighted by atomic mass is 32.2. The molecule has 1 aromatic rings. The van der Waals surface area contributed by atoms with Gasteiger partial charge in [0, 0.05) is 18.5 Å². The summed E-state index contributed by atoms with van der Waals surface area (Å²) < 4.78 is 26.1. The molecule has 2 atom stereocenters. The molecule has 1 fully saturated rings. The molecule has 1 aromatic heterocycles. The van der Waals surface area contributed by atoms with Crippen LogP contribution in [0.1, 0.15) is 18.2 Å². The van der Waals surface area contributed by atoms with Crippen LogP contribution in [0.4, 0.5) is 0 Å². The van der Waals surface area contributed by atoms with Crippen molar-refractivity contribution in [3.63, 3.8) is 0 Å². The number of rotatable bonds is 5. The number of hydrogen-bond acceptors (Lipinski definition) is 4. The lowest BCUT2D eigenvalue weighted by atomic mass is 10.3. The van der Waals surface area contributed by atoms with Crippen LogP contribution >= 0.6 is 11.3 Å². The van der Waals surface area contributed by atoms with Gasteiger partial charge in [0.25, 0.3) is 10.0 Å². The average Bonchev–Trinajstić information content (AvgIpc) is 2.83. The fourth-order valence-corrected chi connectivity index (χ4v) is 4.47. The van der Waals surface area contributed by atoms with Gasteiger partial charge in [-0.1, -0.05) is 6.92 Å². The Morgan fingerprint density at radius 2 is 2.18 bits per heavy atom. The van der Waals surface area contributed by atoms with Crippen LogP contribution in [0.15, 0.2) is 16.3 Å². The maximum Gasteiger partial charge on any atom is 0.252 e. The Kier molecular flexibility index (Phi) is 3.58. The number of aliphatic hydroxyl groups is 1. The second-order valence-electron chi connectivity index (χ2n) is 4.64. The Hall–Kier alpha value is -0.430. The fourth-order valence-electron chi connectivity index (χ4n) is 1.82. The molecule has 0 amide bonds. The quantitative estimate of drug-likeness (QED) is 0.886. The van der Waals surface area contributed by atoms with Gasteiger partial charge in [-0.3, -0.25) is 0 Å². The summed E-state index contributed by atoms with van der Waals surface area (Å²) in [6.07, 6.45) is 1.12. The standard InChI is InChI=1S/C11H17NO3S2/c1-8-5-9(8)6-12(2)17(14,15)11-4-3-10(7-13)16-11/h3-4,8-9,13H,5-7H2,1-2H3. The van der Waals surface area contributed by atoms with E-state index in [0.717, 1.165) is 17.8 Å². The van der Waals surface area contributed by atoms with Crippen molar-refractivity contribution in [1.82, 2.24) is 4.31 Å². The topological polar surface area (TPSA) is 57.6 Å². The van der Waals surface area contributed by atoms with Gasteiger partial charge in [-0.25, -0.2) is 8.42 Å². The number of nitrogens with zero attached hydrogens (tertiary/aromatic N) is 1. The molecule has 1 aliphatic rings. The lowest BCUT2D eigenvalue weighted by Crippen LogP contribution is -2.28. The van der Waals surface area contributed by atoms with Crippen molar-refractivity contribution < 1.29 is 13.5 Å². The predicted molar refractivity (Wildman–Crippen MR) is 67.3 cm³/mol. The molecule has 1 heterocycles. The largest absolute Gasteiger partial charge is 0.391 e. The van der Waals surface area contributed by atoms with Gasteiger partial charge in [0.05, 0.1) is 6.61 Å². The van der Waals surface area contributed by atoms with Crippen LogP contribution in [0.3, 0.4) is 0 Å². The lowest BCUT2D eigenvalue weighted by Gasteiger charge is -2.15. The van der Waals surface area contributed by atoms with Gasteiger partial charge in [0.15, 0.2) is 0 Å². The van der Waals surface area contributed by atoms with Gasteiger partial charge in [0.2, 0.25) is 0 Å². The number of aliphatic hydroxyl groups excluding tert-OH is 1. The molecule has 2 rings (SSSR count). The highest BCUT2D eigenvalue weighted by molar-refractivity contribution is 7.91. The minimum absolute atomic E-state index is 0.108. The smallest absolute Gasteiger partial charge is 0.252 e. The van der Waals surface area contributed by atoms with Gasteiger partial charge in [-0.15, -0.1) is 11.3 Å². The van der Waals surface area contributed by atoms with Gasteiger partial charge in [0.1, 0.15) is 4.21 Å². The molecule has 0 aliphatic heterocycles. The molecule has 0 radical (unpaired) electrons. The Morgan fingerprint density at radius 1 is 1.53 bits per heavy atom. The molecule has 4 nitrogen and oxygen atoms in total. The molecule has 6 heteroatoms. The molecule has 0 bridgehead atoms. The van der Waals surface area contributed by atoms with E-state index in [0.29, 0.717) is 27.5 Å². The molecular formula is C11H17NO3S2. The van der Waals surface area contributed by atoms with E-state index in [9.17, 15) is 8.42 Å². The monoisotopic (exact) mass is 275 g/mol. The summed E-state index contributed by atoms with van der Waals surface area (Å²) >= 11 is 1.14. The first-order valence-corrected chi connectivity index (χ1v) is 7.86. The Bertz CT molecular complexity index is 495. The van der Waals surface area contributed by atoms with E-state index in [1.54, 1.807) is 19.2 Å². The maximum absolute atomic E-state index is 12.2. The highest BCUT2D eigenvalue weighted by Gasteiger charge is 2.36. The third-order valence-corrected chi connectivity index (χ3v) is 6.59. The number of sulfonamides is 1. The first-order chi connectivity index (χ1) is 7.95. The van der Waals surface area contributed by atoms with Crippen LogP contribution in [0.2, 0.25) is 0 Å². The van der Waals surface area contributed by atoms with E-state index in [1.165, 1.54) is 4.31 Å². The third kappa shape index (κ3) is 2.70. The van der Waals surface area contributed by atoms with E-state index in [2.05, 4.69) is 6.92 Å². The van der Waals surface area contributed by atoms with Crippen molar-refractivity contribution in [3.05, 3.63) is 17.0 Å². The summed E-state index contributed by atoms with van der Waals surface area (Å²) in [5.74, 6) is 1.15. The van der Waals surface area contributed by atoms with E-state index in [-0.39, 0.29) is 6.61 Å². The van der Waals surface area contributed by atoms with Crippen LogP contribution < -0.4 is 0 Å². The first-order valence-electron chi connectivity index (χ1n) is 5.61. The van der Waals surface area contributed by atoms with Crippen molar-refractivity contribution in [1.29, 1.82) is 0 Å². The molecule has 1 saturated carbocycles. The molecule has 1 aliphatic carbocycles. The minimum Gasteiger partial charge on any atom is -0.391 e. The Labute approximate surface area is 106 Å². The number of thiophene rings is 1. The second kappa shape index (κ2) is 4.68. The Morgan fingerprint density at radius 3 is 2.65 bits per heavy atom. The summed E-state index contributed by atoms with van der Waals surface area (Å²) in [5, 5.41) is 8.95. The van der Waals surface area contributed by atoms with Crippen LogP contribution in [0.25, 0.3) is 0 Å². The van der Waals surface area contributed by atoms with Gasteiger partial charge in [-0.2, -0.15) is 4.31 Å². The Balaban J connectivity index is 2.11. The fraction of sp³-hybridized carbons (Fsp3) is 0.636. The van der Waals surface area contributed by atoms with Crippen LogP contribution in [-0.4, -0.2) is 31.4 Å². The molecule has 0 spiro atoms. The summed E-state index contributed by atoms with van der Waals surface area (Å²) in [6.45, 7) is 2.62. The molecule has 0 aromatic carbocycles. The van der Waals surface area contributed by atoms with Gasteiger partial charge >= 0.3 is 0 Å². The maximum atomic E-state index is 12.2.